The van der Waals surface area contributed by atoms with Gasteiger partial charge in [0.05, 0.1) is 6.10 Å². The highest BCUT2D eigenvalue weighted by atomic mass is 16.3. The maximum atomic E-state index is 9.97. The number of aliphatic hydroxyl groups excluding tert-OH is 1. The lowest BCUT2D eigenvalue weighted by molar-refractivity contribution is 0.0798. The fourth-order valence-electron chi connectivity index (χ4n) is 4.43. The fourth-order valence-corrected chi connectivity index (χ4v) is 4.43. The number of hydrogen-bond donors (Lipinski definition) is 1. The van der Waals surface area contributed by atoms with Crippen LogP contribution in [0.25, 0.3) is 0 Å². The zero-order chi connectivity index (χ0) is 11.9. The van der Waals surface area contributed by atoms with Gasteiger partial charge in [-0.1, -0.05) is 43.7 Å². The second kappa shape index (κ2) is 4.13. The predicted molar refractivity (Wildman–Crippen MR) is 69.9 cm³/mol. The molecule has 1 N–H and O–H groups in total. The molecule has 1 nitrogen and oxygen atoms in total. The number of aliphatic hydroxyl groups is 1. The largest absolute Gasteiger partial charge is 0.393 e. The molecule has 0 spiro atoms. The van der Waals surface area contributed by atoms with Crippen LogP contribution in [0.1, 0.15) is 44.6 Å². The molecular formula is C16H22O. The second-order valence-electron chi connectivity index (χ2n) is 5.97. The number of benzene rings is 1. The zero-order valence-electron chi connectivity index (χ0n) is 10.6. The van der Waals surface area contributed by atoms with E-state index in [1.807, 2.05) is 0 Å². The van der Waals surface area contributed by atoms with Crippen molar-refractivity contribution in [2.45, 2.75) is 50.5 Å². The maximum absolute atomic E-state index is 9.97. The molecule has 0 amide bonds. The molecule has 17 heavy (non-hydrogen) atoms. The van der Waals surface area contributed by atoms with Gasteiger partial charge >= 0.3 is 0 Å². The molecule has 0 aliphatic heterocycles. The Labute approximate surface area is 104 Å². The van der Waals surface area contributed by atoms with Crippen LogP contribution in [0, 0.1) is 11.8 Å². The van der Waals surface area contributed by atoms with Gasteiger partial charge in [0.2, 0.25) is 0 Å². The highest BCUT2D eigenvalue weighted by Crippen LogP contribution is 2.58. The van der Waals surface area contributed by atoms with Crippen molar-refractivity contribution < 1.29 is 5.11 Å². The highest BCUT2D eigenvalue weighted by molar-refractivity contribution is 5.30. The first-order valence-corrected chi connectivity index (χ1v) is 7.00. The first-order chi connectivity index (χ1) is 8.26. The SMILES string of the molecule is CCCC1(c2ccccc2)CC2CC1CC2O. The summed E-state index contributed by atoms with van der Waals surface area (Å²) in [7, 11) is 0. The molecule has 2 aliphatic rings. The van der Waals surface area contributed by atoms with Crippen LogP contribution in [-0.2, 0) is 5.41 Å². The zero-order valence-corrected chi connectivity index (χ0v) is 10.6. The van der Waals surface area contributed by atoms with Crippen LogP contribution in [0.2, 0.25) is 0 Å². The van der Waals surface area contributed by atoms with E-state index in [4.69, 9.17) is 0 Å². The molecule has 0 heterocycles. The van der Waals surface area contributed by atoms with Crippen LogP contribution < -0.4 is 0 Å². The summed E-state index contributed by atoms with van der Waals surface area (Å²) >= 11 is 0. The van der Waals surface area contributed by atoms with Crippen LogP contribution in [0.4, 0.5) is 0 Å². The van der Waals surface area contributed by atoms with Crippen molar-refractivity contribution in [1.82, 2.24) is 0 Å². The quantitative estimate of drug-likeness (QED) is 0.842. The third-order valence-corrected chi connectivity index (χ3v) is 5.11. The lowest BCUT2D eigenvalue weighted by atomic mass is 9.65. The molecule has 1 aromatic rings. The summed E-state index contributed by atoms with van der Waals surface area (Å²) in [6.07, 6.45) is 5.99. The van der Waals surface area contributed by atoms with Crippen molar-refractivity contribution in [3.05, 3.63) is 35.9 Å². The van der Waals surface area contributed by atoms with Gasteiger partial charge in [-0.25, -0.2) is 0 Å². The molecule has 4 unspecified atom stereocenters. The van der Waals surface area contributed by atoms with E-state index in [-0.39, 0.29) is 6.10 Å². The van der Waals surface area contributed by atoms with E-state index in [2.05, 4.69) is 37.3 Å². The molecule has 0 radical (unpaired) electrons. The minimum absolute atomic E-state index is 0.0197. The Bertz CT molecular complexity index is 384. The fraction of sp³-hybridized carbons (Fsp3) is 0.625. The van der Waals surface area contributed by atoms with Crippen molar-refractivity contribution >= 4 is 0 Å². The minimum atomic E-state index is -0.0197. The van der Waals surface area contributed by atoms with Crippen molar-refractivity contribution in [1.29, 1.82) is 0 Å². The van der Waals surface area contributed by atoms with Crippen LogP contribution in [0.3, 0.4) is 0 Å². The molecule has 1 heteroatoms. The second-order valence-corrected chi connectivity index (χ2v) is 5.97. The van der Waals surface area contributed by atoms with Gasteiger partial charge in [-0.2, -0.15) is 0 Å². The topological polar surface area (TPSA) is 20.2 Å². The van der Waals surface area contributed by atoms with Crippen LogP contribution in [-0.4, -0.2) is 11.2 Å². The molecule has 3 rings (SSSR count). The lowest BCUT2D eigenvalue weighted by Gasteiger charge is -2.40. The van der Waals surface area contributed by atoms with E-state index in [9.17, 15) is 5.11 Å². The summed E-state index contributed by atoms with van der Waals surface area (Å²) in [5.41, 5.74) is 1.89. The third kappa shape index (κ3) is 1.63. The van der Waals surface area contributed by atoms with Crippen LogP contribution in [0.5, 0.6) is 0 Å². The van der Waals surface area contributed by atoms with Gasteiger partial charge in [-0.15, -0.1) is 0 Å². The summed E-state index contributed by atoms with van der Waals surface area (Å²) in [6, 6.07) is 11.0. The Morgan fingerprint density at radius 1 is 1.24 bits per heavy atom. The van der Waals surface area contributed by atoms with E-state index in [0.717, 1.165) is 6.42 Å². The maximum Gasteiger partial charge on any atom is 0.0571 e. The van der Waals surface area contributed by atoms with Gasteiger partial charge in [0.15, 0.2) is 0 Å². The number of hydrogen-bond acceptors (Lipinski definition) is 1. The van der Waals surface area contributed by atoms with Crippen molar-refractivity contribution in [2.24, 2.45) is 11.8 Å². The van der Waals surface area contributed by atoms with E-state index < -0.39 is 0 Å². The Kier molecular flexibility index (Phi) is 2.74. The Balaban J connectivity index is 1.96. The smallest absolute Gasteiger partial charge is 0.0571 e. The molecule has 0 aromatic heterocycles. The van der Waals surface area contributed by atoms with Crippen LogP contribution >= 0.6 is 0 Å². The molecule has 2 bridgehead atoms. The normalized spacial score (nSPS) is 39.8. The number of rotatable bonds is 3. The van der Waals surface area contributed by atoms with Gasteiger partial charge in [-0.05, 0) is 48.5 Å². The van der Waals surface area contributed by atoms with Gasteiger partial charge in [0.25, 0.3) is 0 Å². The molecule has 1 aromatic carbocycles. The summed E-state index contributed by atoms with van der Waals surface area (Å²) in [5, 5.41) is 9.97. The number of fused-ring (bicyclic) bond motifs is 2. The molecule has 0 saturated heterocycles. The molecule has 2 aliphatic carbocycles. The van der Waals surface area contributed by atoms with Crippen molar-refractivity contribution in [2.75, 3.05) is 0 Å². The minimum Gasteiger partial charge on any atom is -0.393 e. The monoisotopic (exact) mass is 230 g/mol. The summed E-state index contributed by atoms with van der Waals surface area (Å²) < 4.78 is 0. The molecular weight excluding hydrogens is 208 g/mol. The molecule has 2 saturated carbocycles. The highest BCUT2D eigenvalue weighted by Gasteiger charge is 2.54. The van der Waals surface area contributed by atoms with E-state index in [0.29, 0.717) is 17.3 Å². The molecule has 2 fully saturated rings. The molecule has 4 atom stereocenters. The van der Waals surface area contributed by atoms with Gasteiger partial charge < -0.3 is 5.11 Å². The van der Waals surface area contributed by atoms with E-state index in [1.165, 1.54) is 31.2 Å². The van der Waals surface area contributed by atoms with Crippen molar-refractivity contribution in [3.63, 3.8) is 0 Å². The average Bonchev–Trinajstić information content (AvgIpc) is 2.88. The summed E-state index contributed by atoms with van der Waals surface area (Å²) in [6.45, 7) is 2.28. The first-order valence-electron chi connectivity index (χ1n) is 7.00. The lowest BCUT2D eigenvalue weighted by Crippen LogP contribution is -2.36. The Hall–Kier alpha value is -0.820. The average molecular weight is 230 g/mol. The summed E-state index contributed by atoms with van der Waals surface area (Å²) in [4.78, 5) is 0. The predicted octanol–water partition coefficient (Wildman–Crippen LogP) is 3.52. The van der Waals surface area contributed by atoms with Gasteiger partial charge in [-0.3, -0.25) is 0 Å². The van der Waals surface area contributed by atoms with Gasteiger partial charge in [0.1, 0.15) is 0 Å². The van der Waals surface area contributed by atoms with Crippen LogP contribution in [0.15, 0.2) is 30.3 Å². The molecule has 92 valence electrons. The standard InChI is InChI=1S/C16H22O/c1-2-8-16(13-6-4-3-5-7-13)11-12-9-14(16)10-15(12)17/h3-7,12,14-15,17H,2,8-11H2,1H3. The van der Waals surface area contributed by atoms with Crippen molar-refractivity contribution in [3.8, 4) is 0 Å². The van der Waals surface area contributed by atoms with E-state index >= 15 is 0 Å². The third-order valence-electron chi connectivity index (χ3n) is 5.11. The van der Waals surface area contributed by atoms with Gasteiger partial charge in [0, 0.05) is 0 Å². The Morgan fingerprint density at radius 3 is 2.53 bits per heavy atom. The summed E-state index contributed by atoms with van der Waals surface area (Å²) in [5.74, 6) is 1.27. The Morgan fingerprint density at radius 2 is 2.00 bits per heavy atom. The van der Waals surface area contributed by atoms with E-state index in [1.54, 1.807) is 0 Å². The first kappa shape index (κ1) is 11.3.